The third kappa shape index (κ3) is 3.79. The molecule has 30 heavy (non-hydrogen) atoms. The van der Waals surface area contributed by atoms with E-state index in [0.717, 1.165) is 39.2 Å². The van der Waals surface area contributed by atoms with Crippen LogP contribution in [-0.2, 0) is 9.47 Å². The summed E-state index contributed by atoms with van der Waals surface area (Å²) in [6.45, 7) is 3.85. The van der Waals surface area contributed by atoms with Gasteiger partial charge in [-0.15, -0.1) is 0 Å². The van der Waals surface area contributed by atoms with Gasteiger partial charge in [-0.3, -0.25) is 5.41 Å². The standard InChI is InChI=1S/C25H25N3O2/c1-15(29-3)14-16(2)30-25-22(24(25)28-21-11-7-6-10-20(21)26)19-13-12-17-8-4-5-9-18(17)23(19)27/h4-14,16,22,26H,27H2,1-3H3/b15-14-,26-20?,28-21?. The second-order valence-corrected chi connectivity index (χ2v) is 7.41. The number of ether oxygens (including phenoxy) is 2. The molecule has 2 aliphatic carbocycles. The van der Waals surface area contributed by atoms with Gasteiger partial charge in [-0.2, -0.15) is 0 Å². The molecule has 0 aromatic heterocycles. The lowest BCUT2D eigenvalue weighted by Crippen LogP contribution is -2.09. The van der Waals surface area contributed by atoms with E-state index in [1.54, 1.807) is 13.2 Å². The summed E-state index contributed by atoms with van der Waals surface area (Å²) in [5.41, 5.74) is 10.1. The molecule has 0 fully saturated rings. The maximum atomic E-state index is 8.13. The highest BCUT2D eigenvalue weighted by atomic mass is 16.5. The lowest BCUT2D eigenvalue weighted by molar-refractivity contribution is 0.172. The first-order valence-corrected chi connectivity index (χ1v) is 9.92. The van der Waals surface area contributed by atoms with Crippen molar-refractivity contribution in [3.05, 3.63) is 89.6 Å². The van der Waals surface area contributed by atoms with Crippen molar-refractivity contribution >= 4 is 27.9 Å². The summed E-state index contributed by atoms with van der Waals surface area (Å²) in [4.78, 5) is 4.74. The van der Waals surface area contributed by atoms with E-state index >= 15 is 0 Å². The molecule has 0 saturated heterocycles. The van der Waals surface area contributed by atoms with Gasteiger partial charge < -0.3 is 15.2 Å². The van der Waals surface area contributed by atoms with Crippen molar-refractivity contribution in [1.82, 2.24) is 0 Å². The largest absolute Gasteiger partial charge is 0.502 e. The van der Waals surface area contributed by atoms with Gasteiger partial charge in [-0.25, -0.2) is 4.99 Å². The van der Waals surface area contributed by atoms with Crippen molar-refractivity contribution in [3.63, 3.8) is 0 Å². The number of methoxy groups -OCH3 is 1. The van der Waals surface area contributed by atoms with E-state index in [-0.39, 0.29) is 12.0 Å². The maximum absolute atomic E-state index is 8.13. The molecule has 0 aliphatic heterocycles. The van der Waals surface area contributed by atoms with E-state index in [0.29, 0.717) is 11.4 Å². The van der Waals surface area contributed by atoms with Gasteiger partial charge in [0.2, 0.25) is 0 Å². The van der Waals surface area contributed by atoms with E-state index < -0.39 is 0 Å². The summed E-state index contributed by atoms with van der Waals surface area (Å²) in [7, 11) is 1.64. The third-order valence-electron chi connectivity index (χ3n) is 5.27. The molecule has 0 amide bonds. The van der Waals surface area contributed by atoms with Gasteiger partial charge in [0.05, 0.1) is 35.9 Å². The number of benzene rings is 2. The molecule has 0 heterocycles. The van der Waals surface area contributed by atoms with Crippen molar-refractivity contribution < 1.29 is 9.47 Å². The van der Waals surface area contributed by atoms with Crippen molar-refractivity contribution in [3.8, 4) is 0 Å². The zero-order valence-electron chi connectivity index (χ0n) is 17.3. The lowest BCUT2D eigenvalue weighted by atomic mass is 10.00. The van der Waals surface area contributed by atoms with Crippen molar-refractivity contribution in [1.29, 1.82) is 5.41 Å². The number of anilines is 1. The molecule has 5 heteroatoms. The van der Waals surface area contributed by atoms with Crippen LogP contribution in [0.2, 0.25) is 0 Å². The number of hydrogen-bond acceptors (Lipinski definition) is 5. The van der Waals surface area contributed by atoms with Crippen LogP contribution in [0.25, 0.3) is 10.8 Å². The molecule has 2 aromatic rings. The first-order chi connectivity index (χ1) is 14.5. The molecule has 2 aliphatic rings. The maximum Gasteiger partial charge on any atom is 0.133 e. The summed E-state index contributed by atoms with van der Waals surface area (Å²) >= 11 is 0. The summed E-state index contributed by atoms with van der Waals surface area (Å²) in [5.74, 6) is 1.46. The number of fused-ring (bicyclic) bond motifs is 1. The van der Waals surface area contributed by atoms with Crippen LogP contribution in [0.4, 0.5) is 5.69 Å². The topological polar surface area (TPSA) is 80.7 Å². The van der Waals surface area contributed by atoms with Gasteiger partial charge in [0.25, 0.3) is 0 Å². The Morgan fingerprint density at radius 3 is 2.70 bits per heavy atom. The van der Waals surface area contributed by atoms with Crippen molar-refractivity contribution in [2.75, 3.05) is 12.8 Å². The van der Waals surface area contributed by atoms with Crippen LogP contribution in [0.15, 0.2) is 89.0 Å². The number of nitrogens with two attached hydrogens (primary N) is 1. The van der Waals surface area contributed by atoms with Gasteiger partial charge in [0.1, 0.15) is 11.9 Å². The normalized spacial score (nSPS) is 20.8. The monoisotopic (exact) mass is 399 g/mol. The Morgan fingerprint density at radius 1 is 1.17 bits per heavy atom. The quantitative estimate of drug-likeness (QED) is 0.394. The Kier molecular flexibility index (Phi) is 5.27. The zero-order chi connectivity index (χ0) is 21.3. The van der Waals surface area contributed by atoms with Crippen molar-refractivity contribution in [2.45, 2.75) is 25.9 Å². The molecule has 2 atom stereocenters. The highest BCUT2D eigenvalue weighted by Crippen LogP contribution is 2.52. The fourth-order valence-electron chi connectivity index (χ4n) is 3.63. The number of nitrogens with zero attached hydrogens (tertiary/aromatic N) is 1. The molecule has 0 spiro atoms. The summed E-state index contributed by atoms with van der Waals surface area (Å²) < 4.78 is 11.4. The molecule has 3 N–H and O–H groups in total. The molecule has 2 unspecified atom stereocenters. The molecular formula is C25H25N3O2. The van der Waals surface area contributed by atoms with Crippen LogP contribution in [-0.4, -0.2) is 24.6 Å². The fraction of sp³-hybridized carbons (Fsp3) is 0.200. The van der Waals surface area contributed by atoms with Crippen LogP contribution < -0.4 is 5.73 Å². The Bertz CT molecular complexity index is 1170. The molecule has 0 saturated carbocycles. The van der Waals surface area contributed by atoms with E-state index in [9.17, 15) is 0 Å². The number of rotatable bonds is 6. The highest BCUT2D eigenvalue weighted by Gasteiger charge is 2.43. The van der Waals surface area contributed by atoms with Gasteiger partial charge in [0.15, 0.2) is 0 Å². The van der Waals surface area contributed by atoms with E-state index in [1.165, 1.54) is 0 Å². The third-order valence-corrected chi connectivity index (χ3v) is 5.27. The number of nitrogens with one attached hydrogen (secondary N) is 1. The molecular weight excluding hydrogens is 374 g/mol. The first-order valence-electron chi connectivity index (χ1n) is 9.92. The smallest absolute Gasteiger partial charge is 0.133 e. The summed E-state index contributed by atoms with van der Waals surface area (Å²) in [6, 6.07) is 12.2. The molecule has 0 radical (unpaired) electrons. The molecule has 4 rings (SSSR count). The van der Waals surface area contributed by atoms with Crippen LogP contribution in [0.5, 0.6) is 0 Å². The van der Waals surface area contributed by atoms with Gasteiger partial charge in [-0.05, 0) is 43.0 Å². The van der Waals surface area contributed by atoms with Crippen LogP contribution >= 0.6 is 0 Å². The van der Waals surface area contributed by atoms with E-state index in [4.69, 9.17) is 25.6 Å². The second-order valence-electron chi connectivity index (χ2n) is 7.41. The van der Waals surface area contributed by atoms with E-state index in [2.05, 4.69) is 12.1 Å². The number of allylic oxidation sites excluding steroid dienone is 7. The molecule has 5 nitrogen and oxygen atoms in total. The molecule has 152 valence electrons. The minimum atomic E-state index is -0.178. The number of nitrogen functional groups attached to an aromatic ring is 1. The van der Waals surface area contributed by atoms with Crippen LogP contribution in [0.3, 0.4) is 0 Å². The van der Waals surface area contributed by atoms with Crippen LogP contribution in [0, 0.1) is 5.41 Å². The van der Waals surface area contributed by atoms with Gasteiger partial charge in [-0.1, -0.05) is 48.6 Å². The number of hydrogen-bond donors (Lipinski definition) is 2. The van der Waals surface area contributed by atoms with Gasteiger partial charge >= 0.3 is 0 Å². The molecule has 2 aromatic carbocycles. The lowest BCUT2D eigenvalue weighted by Gasteiger charge is -2.12. The minimum absolute atomic E-state index is 0.118. The Labute approximate surface area is 176 Å². The predicted octanol–water partition coefficient (Wildman–Crippen LogP) is 5.27. The number of aliphatic imine (C=N–C) groups is 1. The second kappa shape index (κ2) is 8.03. The van der Waals surface area contributed by atoms with Crippen LogP contribution in [0.1, 0.15) is 25.3 Å². The van der Waals surface area contributed by atoms with E-state index in [1.807, 2.05) is 62.4 Å². The summed E-state index contributed by atoms with van der Waals surface area (Å²) in [6.07, 6.45) is 9.02. The summed E-state index contributed by atoms with van der Waals surface area (Å²) in [5, 5.41) is 10.2. The van der Waals surface area contributed by atoms with Crippen molar-refractivity contribution in [2.24, 2.45) is 4.99 Å². The first kappa shape index (κ1) is 19.7. The fourth-order valence-corrected chi connectivity index (χ4v) is 3.63. The Hall–Kier alpha value is -3.60. The SMILES string of the molecule is CO/C(C)=C\C(C)OC1=C(N=C2C=CC=CC2=N)C1c1ccc2ccccc2c1N. The highest BCUT2D eigenvalue weighted by molar-refractivity contribution is 6.50. The minimum Gasteiger partial charge on any atom is -0.502 e. The Balaban J connectivity index is 1.71. The Morgan fingerprint density at radius 2 is 1.93 bits per heavy atom. The zero-order valence-corrected chi connectivity index (χ0v) is 17.3. The average molecular weight is 399 g/mol. The average Bonchev–Trinajstić information content (AvgIpc) is 3.40. The molecule has 0 bridgehead atoms. The van der Waals surface area contributed by atoms with Gasteiger partial charge in [0, 0.05) is 11.1 Å². The predicted molar refractivity (Wildman–Crippen MR) is 123 cm³/mol.